The Morgan fingerprint density at radius 1 is 1.44 bits per heavy atom. The minimum atomic E-state index is -3.69. The van der Waals surface area contributed by atoms with Gasteiger partial charge in [-0.15, -0.1) is 0 Å². The maximum atomic E-state index is 13.1. The van der Waals surface area contributed by atoms with E-state index in [4.69, 9.17) is 5.26 Å². The lowest BCUT2D eigenvalue weighted by molar-refractivity contribution is 0.410. The number of benzene rings is 1. The van der Waals surface area contributed by atoms with Crippen LogP contribution in [0.5, 0.6) is 0 Å². The van der Waals surface area contributed by atoms with Crippen LogP contribution >= 0.6 is 0 Å². The Labute approximate surface area is 106 Å². The molecule has 6 heteroatoms. The molecule has 1 aliphatic rings. The van der Waals surface area contributed by atoms with Crippen LogP contribution in [0, 0.1) is 17.1 Å². The van der Waals surface area contributed by atoms with E-state index in [0.717, 1.165) is 18.9 Å². The number of nitriles is 1. The van der Waals surface area contributed by atoms with Crippen molar-refractivity contribution >= 4 is 10.0 Å². The van der Waals surface area contributed by atoms with Gasteiger partial charge in [-0.1, -0.05) is 6.07 Å². The summed E-state index contributed by atoms with van der Waals surface area (Å²) in [6.45, 7) is 0.167. The Hall–Kier alpha value is -1.45. The quantitative estimate of drug-likeness (QED) is 0.819. The molecule has 0 aromatic heterocycles. The monoisotopic (exact) mass is 268 g/mol. The maximum absolute atomic E-state index is 13.1. The zero-order valence-corrected chi connectivity index (χ0v) is 10.5. The van der Waals surface area contributed by atoms with Crippen molar-refractivity contribution < 1.29 is 12.8 Å². The van der Waals surface area contributed by atoms with Crippen LogP contribution in [0.3, 0.4) is 0 Å². The van der Waals surface area contributed by atoms with Gasteiger partial charge in [-0.3, -0.25) is 0 Å². The van der Waals surface area contributed by atoms with Crippen molar-refractivity contribution in [2.24, 2.45) is 0 Å². The van der Waals surface area contributed by atoms with E-state index in [9.17, 15) is 12.8 Å². The number of hydrogen-bond donors (Lipinski definition) is 0. The van der Waals surface area contributed by atoms with E-state index in [1.807, 2.05) is 6.07 Å². The van der Waals surface area contributed by atoms with Gasteiger partial charge in [-0.2, -0.15) is 9.57 Å². The topological polar surface area (TPSA) is 61.2 Å². The van der Waals surface area contributed by atoms with E-state index in [1.54, 1.807) is 0 Å². The van der Waals surface area contributed by atoms with E-state index in [2.05, 4.69) is 0 Å². The molecule has 0 amide bonds. The average Bonchev–Trinajstić information content (AvgIpc) is 3.14. The summed E-state index contributed by atoms with van der Waals surface area (Å²) in [6, 6.07) is 6.86. The molecule has 1 saturated carbocycles. The number of sulfonamides is 1. The Morgan fingerprint density at radius 3 is 2.72 bits per heavy atom. The number of nitrogens with zero attached hydrogens (tertiary/aromatic N) is 2. The Bertz CT molecular complexity index is 576. The summed E-state index contributed by atoms with van der Waals surface area (Å²) in [5.41, 5.74) is 0. The van der Waals surface area contributed by atoms with Crippen LogP contribution in [-0.4, -0.2) is 25.3 Å². The first-order valence-electron chi connectivity index (χ1n) is 5.70. The van der Waals surface area contributed by atoms with Crippen molar-refractivity contribution in [2.45, 2.75) is 30.2 Å². The zero-order chi connectivity index (χ0) is 13.2. The van der Waals surface area contributed by atoms with Gasteiger partial charge < -0.3 is 0 Å². The molecule has 0 saturated heterocycles. The molecule has 1 fully saturated rings. The second-order valence-electron chi connectivity index (χ2n) is 4.21. The molecule has 0 heterocycles. The molecule has 0 bridgehead atoms. The van der Waals surface area contributed by atoms with Gasteiger partial charge in [0.2, 0.25) is 10.0 Å². The Morgan fingerprint density at radius 2 is 2.17 bits per heavy atom. The third kappa shape index (κ3) is 2.68. The highest BCUT2D eigenvalue weighted by atomic mass is 32.2. The van der Waals surface area contributed by atoms with Gasteiger partial charge in [-0.25, -0.2) is 12.8 Å². The lowest BCUT2D eigenvalue weighted by Gasteiger charge is -2.20. The van der Waals surface area contributed by atoms with Gasteiger partial charge >= 0.3 is 0 Å². The highest BCUT2D eigenvalue weighted by molar-refractivity contribution is 7.89. The lowest BCUT2D eigenvalue weighted by Crippen LogP contribution is -2.34. The summed E-state index contributed by atoms with van der Waals surface area (Å²) in [5.74, 6) is -0.577. The standard InChI is InChI=1S/C12H13FN2O2S/c13-10-3-1-4-12(9-10)18(16,17)15(8-2-7-14)11-5-6-11/h1,3-4,9,11H,2,5-6,8H2. The van der Waals surface area contributed by atoms with E-state index >= 15 is 0 Å². The maximum Gasteiger partial charge on any atom is 0.243 e. The van der Waals surface area contributed by atoms with Crippen LogP contribution in [0.15, 0.2) is 29.2 Å². The highest BCUT2D eigenvalue weighted by Gasteiger charge is 2.37. The molecule has 96 valence electrons. The molecule has 1 aromatic carbocycles. The molecule has 0 spiro atoms. The van der Waals surface area contributed by atoms with E-state index < -0.39 is 15.8 Å². The smallest absolute Gasteiger partial charge is 0.207 e. The summed E-state index contributed by atoms with van der Waals surface area (Å²) < 4.78 is 39.0. The molecule has 0 radical (unpaired) electrons. The normalized spacial score (nSPS) is 15.6. The summed E-state index contributed by atoms with van der Waals surface area (Å²) in [5, 5.41) is 8.57. The third-order valence-electron chi connectivity index (χ3n) is 2.80. The number of rotatable bonds is 5. The summed E-state index contributed by atoms with van der Waals surface area (Å²) in [7, 11) is -3.69. The van der Waals surface area contributed by atoms with Gasteiger partial charge in [0.25, 0.3) is 0 Å². The fraction of sp³-hybridized carbons (Fsp3) is 0.417. The largest absolute Gasteiger partial charge is 0.243 e. The summed E-state index contributed by atoms with van der Waals surface area (Å²) >= 11 is 0. The number of hydrogen-bond acceptors (Lipinski definition) is 3. The van der Waals surface area contributed by atoms with Crippen molar-refractivity contribution in [1.29, 1.82) is 5.26 Å². The summed E-state index contributed by atoms with van der Waals surface area (Å²) in [6.07, 6.45) is 1.75. The third-order valence-corrected chi connectivity index (χ3v) is 4.75. The van der Waals surface area contributed by atoms with Gasteiger partial charge in [0.05, 0.1) is 11.0 Å². The van der Waals surface area contributed by atoms with Crippen molar-refractivity contribution in [1.82, 2.24) is 4.31 Å². The molecule has 0 atom stereocenters. The predicted molar refractivity (Wildman–Crippen MR) is 63.5 cm³/mol. The van der Waals surface area contributed by atoms with E-state index in [1.165, 1.54) is 22.5 Å². The van der Waals surface area contributed by atoms with Gasteiger partial charge in [0.15, 0.2) is 0 Å². The first-order chi connectivity index (χ1) is 8.55. The first kappa shape index (κ1) is 13.0. The fourth-order valence-electron chi connectivity index (χ4n) is 1.78. The van der Waals surface area contributed by atoms with E-state index in [0.29, 0.717) is 0 Å². The number of halogens is 1. The molecular formula is C12H13FN2O2S. The van der Waals surface area contributed by atoms with Crippen LogP contribution in [-0.2, 0) is 10.0 Å². The first-order valence-corrected chi connectivity index (χ1v) is 7.14. The van der Waals surface area contributed by atoms with Crippen LogP contribution in [0.25, 0.3) is 0 Å². The molecule has 1 aliphatic carbocycles. The Kier molecular flexibility index (Phi) is 3.64. The Balaban J connectivity index is 2.30. The van der Waals surface area contributed by atoms with Crippen LogP contribution in [0.4, 0.5) is 4.39 Å². The van der Waals surface area contributed by atoms with Crippen LogP contribution in [0.1, 0.15) is 19.3 Å². The van der Waals surface area contributed by atoms with Gasteiger partial charge in [0, 0.05) is 19.0 Å². The van der Waals surface area contributed by atoms with Crippen LogP contribution < -0.4 is 0 Å². The van der Waals surface area contributed by atoms with E-state index in [-0.39, 0.29) is 23.9 Å². The zero-order valence-electron chi connectivity index (χ0n) is 9.71. The molecule has 0 aliphatic heterocycles. The fourth-order valence-corrected chi connectivity index (χ4v) is 3.50. The molecule has 0 N–H and O–H groups in total. The van der Waals surface area contributed by atoms with Crippen molar-refractivity contribution in [3.05, 3.63) is 30.1 Å². The molecule has 2 rings (SSSR count). The second-order valence-corrected chi connectivity index (χ2v) is 6.10. The van der Waals surface area contributed by atoms with Crippen molar-refractivity contribution in [3.8, 4) is 6.07 Å². The average molecular weight is 268 g/mol. The minimum Gasteiger partial charge on any atom is -0.207 e. The van der Waals surface area contributed by atoms with Gasteiger partial charge in [-0.05, 0) is 31.0 Å². The van der Waals surface area contributed by atoms with Crippen molar-refractivity contribution in [2.75, 3.05) is 6.54 Å². The molecule has 0 unspecified atom stereocenters. The molecule has 4 nitrogen and oxygen atoms in total. The van der Waals surface area contributed by atoms with Gasteiger partial charge in [0.1, 0.15) is 5.82 Å². The highest BCUT2D eigenvalue weighted by Crippen LogP contribution is 2.32. The molecule has 1 aromatic rings. The SMILES string of the molecule is N#CCCN(C1CC1)S(=O)(=O)c1cccc(F)c1. The molecule has 18 heavy (non-hydrogen) atoms. The van der Waals surface area contributed by atoms with Crippen molar-refractivity contribution in [3.63, 3.8) is 0 Å². The second kappa shape index (κ2) is 5.04. The molecular weight excluding hydrogens is 255 g/mol. The predicted octanol–water partition coefficient (Wildman–Crippen LogP) is 1.89. The van der Waals surface area contributed by atoms with Crippen LogP contribution in [0.2, 0.25) is 0 Å². The lowest BCUT2D eigenvalue weighted by atomic mass is 10.4. The minimum absolute atomic E-state index is 0.0355. The summed E-state index contributed by atoms with van der Waals surface area (Å²) in [4.78, 5) is -0.0488.